The van der Waals surface area contributed by atoms with Gasteiger partial charge >= 0.3 is 6.18 Å². The molecule has 22 heavy (non-hydrogen) atoms. The Balaban J connectivity index is 1.98. The maximum atomic E-state index is 13.2. The lowest BCUT2D eigenvalue weighted by atomic mass is 10.1. The van der Waals surface area contributed by atoms with Crippen LogP contribution in [0.2, 0.25) is 0 Å². The normalized spacial score (nSPS) is 12.0. The van der Waals surface area contributed by atoms with E-state index in [-0.39, 0.29) is 12.1 Å². The maximum Gasteiger partial charge on any atom is 0.418 e. The topological polar surface area (TPSA) is 58.5 Å². The molecule has 3 aromatic rings. The van der Waals surface area contributed by atoms with Gasteiger partial charge in [-0.25, -0.2) is 9.97 Å². The van der Waals surface area contributed by atoms with E-state index in [9.17, 15) is 13.2 Å². The molecule has 2 aromatic heterocycles. The highest BCUT2D eigenvalue weighted by Gasteiger charge is 2.34. The van der Waals surface area contributed by atoms with E-state index in [0.717, 1.165) is 6.07 Å². The summed E-state index contributed by atoms with van der Waals surface area (Å²) in [6.07, 6.45) is -1.07. The second-order valence-corrected chi connectivity index (χ2v) is 5.07. The first-order valence-corrected chi connectivity index (χ1v) is 6.62. The quantitative estimate of drug-likeness (QED) is 0.781. The van der Waals surface area contributed by atoms with E-state index < -0.39 is 11.7 Å². The number of hydrogen-bond donors (Lipinski definition) is 2. The molecule has 116 valence electrons. The third-order valence-corrected chi connectivity index (χ3v) is 3.34. The highest BCUT2D eigenvalue weighted by atomic mass is 19.4. The molecule has 0 fully saturated rings. The summed E-state index contributed by atoms with van der Waals surface area (Å²) in [6, 6.07) is 2.79. The molecular formula is C14H14F3N5. The number of anilines is 1. The van der Waals surface area contributed by atoms with Gasteiger partial charge in [0.25, 0.3) is 0 Å². The van der Waals surface area contributed by atoms with Crippen LogP contribution in [0.1, 0.15) is 17.0 Å². The second-order valence-electron chi connectivity index (χ2n) is 5.07. The molecule has 0 unspecified atom stereocenters. The van der Waals surface area contributed by atoms with Gasteiger partial charge in [0, 0.05) is 26.0 Å². The Morgan fingerprint density at radius 3 is 2.73 bits per heavy atom. The molecule has 0 bridgehead atoms. The van der Waals surface area contributed by atoms with Crippen molar-refractivity contribution in [1.82, 2.24) is 19.5 Å². The molecule has 0 amide bonds. The highest BCUT2D eigenvalue weighted by molar-refractivity contribution is 5.80. The number of halogens is 3. The fourth-order valence-electron chi connectivity index (χ4n) is 2.34. The number of nitrogens with one attached hydrogen (secondary N) is 2. The second kappa shape index (κ2) is 5.04. The molecule has 8 heteroatoms. The van der Waals surface area contributed by atoms with Crippen molar-refractivity contribution in [2.75, 3.05) is 5.32 Å². The molecular weight excluding hydrogens is 295 g/mol. The van der Waals surface area contributed by atoms with Crippen LogP contribution >= 0.6 is 0 Å². The van der Waals surface area contributed by atoms with Crippen LogP contribution in [0.5, 0.6) is 0 Å². The molecule has 0 saturated heterocycles. The Morgan fingerprint density at radius 1 is 1.32 bits per heavy atom. The molecule has 0 saturated carbocycles. The van der Waals surface area contributed by atoms with Gasteiger partial charge < -0.3 is 14.9 Å². The van der Waals surface area contributed by atoms with Crippen LogP contribution in [0.15, 0.2) is 24.5 Å². The average Bonchev–Trinajstić information content (AvgIpc) is 2.98. The first kappa shape index (κ1) is 14.4. The molecule has 0 aliphatic rings. The smallest absolute Gasteiger partial charge is 0.352 e. The molecule has 2 heterocycles. The number of aromatic nitrogens is 4. The van der Waals surface area contributed by atoms with Gasteiger partial charge in [-0.3, -0.25) is 0 Å². The van der Waals surface area contributed by atoms with Gasteiger partial charge in [0.15, 0.2) is 0 Å². The number of fused-ring (bicyclic) bond motifs is 1. The molecule has 2 N–H and O–H groups in total. The van der Waals surface area contributed by atoms with Gasteiger partial charge in [-0.1, -0.05) is 0 Å². The zero-order valence-corrected chi connectivity index (χ0v) is 12.0. The lowest BCUT2D eigenvalue weighted by molar-refractivity contribution is -0.136. The minimum absolute atomic E-state index is 0.0502. The van der Waals surface area contributed by atoms with Crippen molar-refractivity contribution in [1.29, 1.82) is 0 Å². The van der Waals surface area contributed by atoms with Crippen molar-refractivity contribution in [3.8, 4) is 0 Å². The summed E-state index contributed by atoms with van der Waals surface area (Å²) >= 11 is 0. The molecule has 0 spiro atoms. The first-order valence-electron chi connectivity index (χ1n) is 6.62. The van der Waals surface area contributed by atoms with Crippen molar-refractivity contribution in [2.24, 2.45) is 7.05 Å². The minimum atomic E-state index is -4.45. The maximum absolute atomic E-state index is 13.2. The van der Waals surface area contributed by atoms with Crippen molar-refractivity contribution in [2.45, 2.75) is 19.6 Å². The Kier molecular flexibility index (Phi) is 3.31. The van der Waals surface area contributed by atoms with E-state index in [1.807, 2.05) is 0 Å². The number of aryl methyl sites for hydroxylation is 2. The van der Waals surface area contributed by atoms with Crippen LogP contribution < -0.4 is 5.32 Å². The first-order chi connectivity index (χ1) is 10.3. The monoisotopic (exact) mass is 309 g/mol. The van der Waals surface area contributed by atoms with Crippen LogP contribution in [-0.2, 0) is 19.8 Å². The van der Waals surface area contributed by atoms with E-state index in [0.29, 0.717) is 22.9 Å². The van der Waals surface area contributed by atoms with Crippen molar-refractivity contribution >= 4 is 17.0 Å². The summed E-state index contributed by atoms with van der Waals surface area (Å²) < 4.78 is 41.3. The molecule has 0 atom stereocenters. The SMILES string of the molecule is Cc1nc2c(C(F)(F)F)cc(CNc3nccn3C)cc2[nH]1. The van der Waals surface area contributed by atoms with Gasteiger partial charge in [-0.05, 0) is 24.6 Å². The number of nitrogens with zero attached hydrogens (tertiary/aromatic N) is 3. The van der Waals surface area contributed by atoms with Crippen LogP contribution in [0, 0.1) is 6.92 Å². The number of H-pyrrole nitrogens is 1. The molecule has 1 aromatic carbocycles. The summed E-state index contributed by atoms with van der Waals surface area (Å²) in [5, 5.41) is 3.01. The van der Waals surface area contributed by atoms with Crippen LogP contribution in [0.3, 0.4) is 0 Å². The van der Waals surface area contributed by atoms with Gasteiger partial charge in [0.1, 0.15) is 11.3 Å². The summed E-state index contributed by atoms with van der Waals surface area (Å²) in [5.74, 6) is 1.05. The highest BCUT2D eigenvalue weighted by Crippen LogP contribution is 2.35. The molecule has 5 nitrogen and oxygen atoms in total. The van der Waals surface area contributed by atoms with Crippen LogP contribution in [0.25, 0.3) is 11.0 Å². The Hall–Kier alpha value is -2.51. The van der Waals surface area contributed by atoms with Crippen molar-refractivity contribution < 1.29 is 13.2 Å². The van der Waals surface area contributed by atoms with Crippen LogP contribution in [-0.4, -0.2) is 19.5 Å². The number of aromatic amines is 1. The predicted molar refractivity (Wildman–Crippen MR) is 76.4 cm³/mol. The predicted octanol–water partition coefficient (Wildman–Crippen LogP) is 3.24. The Morgan fingerprint density at radius 2 is 2.09 bits per heavy atom. The largest absolute Gasteiger partial charge is 0.418 e. The van der Waals surface area contributed by atoms with Crippen molar-refractivity contribution in [3.63, 3.8) is 0 Å². The van der Waals surface area contributed by atoms with Gasteiger partial charge in [0.2, 0.25) is 5.95 Å². The fraction of sp³-hybridized carbons (Fsp3) is 0.286. The van der Waals surface area contributed by atoms with Gasteiger partial charge in [-0.2, -0.15) is 13.2 Å². The van der Waals surface area contributed by atoms with E-state index in [1.165, 1.54) is 0 Å². The minimum Gasteiger partial charge on any atom is -0.352 e. The van der Waals surface area contributed by atoms with Gasteiger partial charge in [0.05, 0.1) is 11.1 Å². The molecule has 0 aliphatic heterocycles. The van der Waals surface area contributed by atoms with Crippen molar-refractivity contribution in [3.05, 3.63) is 41.5 Å². The number of benzene rings is 1. The van der Waals surface area contributed by atoms with E-state index in [2.05, 4.69) is 20.3 Å². The number of imidazole rings is 2. The lowest BCUT2D eigenvalue weighted by Gasteiger charge is -2.11. The Bertz CT molecular complexity index is 816. The molecule has 0 aliphatic carbocycles. The number of alkyl halides is 3. The summed E-state index contributed by atoms with van der Waals surface area (Å²) in [6.45, 7) is 1.87. The summed E-state index contributed by atoms with van der Waals surface area (Å²) in [7, 11) is 1.80. The zero-order valence-electron chi connectivity index (χ0n) is 12.0. The molecule has 3 rings (SSSR count). The molecule has 0 radical (unpaired) electrons. The Labute approximate surface area is 124 Å². The summed E-state index contributed by atoms with van der Waals surface area (Å²) in [5.41, 5.74) is 0.104. The summed E-state index contributed by atoms with van der Waals surface area (Å²) in [4.78, 5) is 10.9. The van der Waals surface area contributed by atoms with E-state index in [1.54, 1.807) is 37.0 Å². The average molecular weight is 309 g/mol. The number of rotatable bonds is 3. The van der Waals surface area contributed by atoms with E-state index in [4.69, 9.17) is 0 Å². The van der Waals surface area contributed by atoms with E-state index >= 15 is 0 Å². The standard InChI is InChI=1S/C14H14F3N5/c1-8-20-11-6-9(7-19-13-18-3-4-22(13)2)5-10(12(11)21-8)14(15,16)17/h3-6H,7H2,1-2H3,(H,18,19)(H,20,21). The van der Waals surface area contributed by atoms with Crippen LogP contribution in [0.4, 0.5) is 19.1 Å². The third kappa shape index (κ3) is 2.63. The lowest BCUT2D eigenvalue weighted by Crippen LogP contribution is -2.09. The fourth-order valence-corrected chi connectivity index (χ4v) is 2.34. The van der Waals surface area contributed by atoms with Gasteiger partial charge in [-0.15, -0.1) is 0 Å². The zero-order chi connectivity index (χ0) is 15.9. The number of hydrogen-bond acceptors (Lipinski definition) is 3. The third-order valence-electron chi connectivity index (χ3n) is 3.34.